The molecule has 34 heavy (non-hydrogen) atoms. The molecule has 2 fully saturated rings. The molecule has 1 amide bonds. The van der Waals surface area contributed by atoms with Gasteiger partial charge in [-0.1, -0.05) is 27.2 Å². The second kappa shape index (κ2) is 10.9. The van der Waals surface area contributed by atoms with Crippen molar-refractivity contribution in [2.24, 2.45) is 11.8 Å². The molecule has 2 aromatic rings. The predicted molar refractivity (Wildman–Crippen MR) is 128 cm³/mol. The molecule has 0 saturated carbocycles. The molecule has 0 radical (unpaired) electrons. The molecule has 2 aliphatic heterocycles. The van der Waals surface area contributed by atoms with Crippen LogP contribution in [-0.2, 0) is 33.8 Å². The molecule has 4 heterocycles. The summed E-state index contributed by atoms with van der Waals surface area (Å²) >= 11 is 0. The van der Waals surface area contributed by atoms with Crippen LogP contribution in [0, 0.1) is 11.8 Å². The van der Waals surface area contributed by atoms with Gasteiger partial charge in [0.05, 0.1) is 13.2 Å². The summed E-state index contributed by atoms with van der Waals surface area (Å²) in [5.41, 5.74) is -0.00956. The maximum Gasteiger partial charge on any atom is 0.330 e. The second-order valence-corrected chi connectivity index (χ2v) is 9.80. The van der Waals surface area contributed by atoms with Crippen LogP contribution in [0.4, 0.5) is 0 Å². The molecule has 2 aromatic heterocycles. The maximum atomic E-state index is 13.0. The monoisotopic (exact) mass is 475 g/mol. The summed E-state index contributed by atoms with van der Waals surface area (Å²) in [4.78, 5) is 47.3. The molecule has 2 saturated heterocycles. The Morgan fingerprint density at radius 3 is 2.50 bits per heavy atom. The van der Waals surface area contributed by atoms with Gasteiger partial charge in [0.25, 0.3) is 5.56 Å². The van der Waals surface area contributed by atoms with E-state index in [1.165, 1.54) is 0 Å². The summed E-state index contributed by atoms with van der Waals surface area (Å²) < 4.78 is 14.7. The quantitative estimate of drug-likeness (QED) is 0.593. The number of rotatable bonds is 9. The van der Waals surface area contributed by atoms with Crippen molar-refractivity contribution < 1.29 is 14.3 Å². The van der Waals surface area contributed by atoms with E-state index in [2.05, 4.69) is 25.8 Å². The first kappa shape index (κ1) is 24.7. The van der Waals surface area contributed by atoms with Gasteiger partial charge in [0.2, 0.25) is 5.91 Å². The lowest BCUT2D eigenvalue weighted by Gasteiger charge is -2.33. The molecule has 0 spiro atoms. The highest BCUT2D eigenvalue weighted by atomic mass is 16.7. The van der Waals surface area contributed by atoms with Gasteiger partial charge in [-0.2, -0.15) is 0 Å². The highest BCUT2D eigenvalue weighted by Gasteiger charge is 2.31. The number of H-pyrrole nitrogens is 1. The van der Waals surface area contributed by atoms with Crippen molar-refractivity contribution in [3.05, 3.63) is 26.7 Å². The molecule has 0 aromatic carbocycles. The number of hydrogen-bond donors (Lipinski definition) is 1. The van der Waals surface area contributed by atoms with Crippen molar-refractivity contribution >= 4 is 17.1 Å². The SMILES string of the molecule is CCCCn1c(=O)[nH]c(=O)c2c1nc(CCC(=O)N1CCC(C3OCCO3)CC1)n2CC(C)C. The molecule has 4 rings (SSSR count). The zero-order chi connectivity index (χ0) is 24.2. The smallest absolute Gasteiger partial charge is 0.330 e. The fraction of sp³-hybridized carbons (Fsp3) is 0.750. The van der Waals surface area contributed by atoms with Crippen LogP contribution < -0.4 is 11.2 Å². The molecular formula is C24H37N5O5. The zero-order valence-electron chi connectivity index (χ0n) is 20.5. The summed E-state index contributed by atoms with van der Waals surface area (Å²) in [6.45, 7) is 10.0. The number of nitrogens with one attached hydrogen (secondary N) is 1. The number of carbonyl (C=O) groups excluding carboxylic acids is 1. The minimum atomic E-state index is -0.430. The van der Waals surface area contributed by atoms with Gasteiger partial charge >= 0.3 is 5.69 Å². The molecule has 0 atom stereocenters. The Hall–Kier alpha value is -2.46. The van der Waals surface area contributed by atoms with E-state index >= 15 is 0 Å². The largest absolute Gasteiger partial charge is 0.350 e. The third-order valence-electron chi connectivity index (χ3n) is 6.73. The minimum Gasteiger partial charge on any atom is -0.350 e. The molecule has 0 aliphatic carbocycles. The van der Waals surface area contributed by atoms with Crippen LogP contribution in [0.5, 0.6) is 0 Å². The van der Waals surface area contributed by atoms with Crippen molar-refractivity contribution in [1.29, 1.82) is 0 Å². The molecule has 1 N–H and O–H groups in total. The number of fused-ring (bicyclic) bond motifs is 1. The Morgan fingerprint density at radius 1 is 1.15 bits per heavy atom. The third kappa shape index (κ3) is 5.27. The summed E-state index contributed by atoms with van der Waals surface area (Å²) in [6, 6.07) is 0. The Bertz CT molecular complexity index is 1100. The van der Waals surface area contributed by atoms with Crippen LogP contribution in [0.2, 0.25) is 0 Å². The van der Waals surface area contributed by atoms with Gasteiger partial charge in [-0.15, -0.1) is 0 Å². The lowest BCUT2D eigenvalue weighted by atomic mass is 9.96. The second-order valence-electron chi connectivity index (χ2n) is 9.80. The molecule has 0 unspecified atom stereocenters. The highest BCUT2D eigenvalue weighted by Crippen LogP contribution is 2.26. The first-order chi connectivity index (χ1) is 16.4. The Labute approximate surface area is 199 Å². The van der Waals surface area contributed by atoms with Crippen molar-refractivity contribution in [3.8, 4) is 0 Å². The lowest BCUT2D eigenvalue weighted by molar-refractivity contribution is -0.136. The lowest BCUT2D eigenvalue weighted by Crippen LogP contribution is -2.41. The number of aromatic amines is 1. The molecule has 10 heteroatoms. The average molecular weight is 476 g/mol. The number of amides is 1. The summed E-state index contributed by atoms with van der Waals surface area (Å²) in [6.07, 6.45) is 4.12. The van der Waals surface area contributed by atoms with E-state index in [1.807, 2.05) is 9.47 Å². The van der Waals surface area contributed by atoms with Gasteiger partial charge in [0, 0.05) is 44.9 Å². The van der Waals surface area contributed by atoms with Crippen LogP contribution in [0.25, 0.3) is 11.2 Å². The van der Waals surface area contributed by atoms with E-state index in [9.17, 15) is 14.4 Å². The fourth-order valence-corrected chi connectivity index (χ4v) is 4.94. The highest BCUT2D eigenvalue weighted by molar-refractivity contribution is 5.77. The molecule has 0 bridgehead atoms. The van der Waals surface area contributed by atoms with E-state index in [0.29, 0.717) is 75.1 Å². The molecule has 188 valence electrons. The topological polar surface area (TPSA) is 111 Å². The Morgan fingerprint density at radius 2 is 1.85 bits per heavy atom. The molecule has 2 aliphatic rings. The number of aryl methyl sites for hydroxylation is 2. The van der Waals surface area contributed by atoms with E-state index in [-0.39, 0.29) is 18.1 Å². The van der Waals surface area contributed by atoms with Crippen molar-refractivity contribution in [3.63, 3.8) is 0 Å². The number of carbonyl (C=O) groups is 1. The van der Waals surface area contributed by atoms with E-state index in [0.717, 1.165) is 25.7 Å². The number of unbranched alkanes of at least 4 members (excludes halogenated alkanes) is 1. The van der Waals surface area contributed by atoms with Crippen LogP contribution in [0.1, 0.15) is 58.7 Å². The Kier molecular flexibility index (Phi) is 7.88. The van der Waals surface area contributed by atoms with Gasteiger partial charge in [0.15, 0.2) is 17.5 Å². The number of hydrogen-bond acceptors (Lipinski definition) is 6. The zero-order valence-corrected chi connectivity index (χ0v) is 20.5. The van der Waals surface area contributed by atoms with Crippen LogP contribution in [-0.4, -0.2) is 62.5 Å². The van der Waals surface area contributed by atoms with Crippen LogP contribution in [0.15, 0.2) is 9.59 Å². The standard InChI is InChI=1S/C24H37N5O5/c1-4-5-10-28-21-20(22(31)26-24(28)32)29(15-16(2)3)18(25-21)6-7-19(30)27-11-8-17(9-12-27)23-33-13-14-34-23/h16-17,23H,4-15H2,1-3H3,(H,26,31,32). The van der Waals surface area contributed by atoms with E-state index in [4.69, 9.17) is 14.5 Å². The normalized spacial score (nSPS) is 17.9. The predicted octanol–water partition coefficient (Wildman–Crippen LogP) is 1.89. The van der Waals surface area contributed by atoms with Crippen LogP contribution >= 0.6 is 0 Å². The number of imidazole rings is 1. The molecular weight excluding hydrogens is 438 g/mol. The van der Waals surface area contributed by atoms with Crippen LogP contribution in [0.3, 0.4) is 0 Å². The first-order valence-electron chi connectivity index (χ1n) is 12.6. The number of nitrogens with zero attached hydrogens (tertiary/aromatic N) is 4. The van der Waals surface area contributed by atoms with Gasteiger partial charge in [0.1, 0.15) is 5.82 Å². The number of likely N-dealkylation sites (tertiary alicyclic amines) is 1. The first-order valence-corrected chi connectivity index (χ1v) is 12.6. The van der Waals surface area contributed by atoms with Crippen molar-refractivity contribution in [2.75, 3.05) is 26.3 Å². The molecule has 10 nitrogen and oxygen atoms in total. The van der Waals surface area contributed by atoms with Gasteiger partial charge in [-0.25, -0.2) is 9.78 Å². The van der Waals surface area contributed by atoms with E-state index < -0.39 is 11.2 Å². The summed E-state index contributed by atoms with van der Waals surface area (Å²) in [5.74, 6) is 1.39. The maximum absolute atomic E-state index is 13.0. The minimum absolute atomic E-state index is 0.0899. The third-order valence-corrected chi connectivity index (χ3v) is 6.73. The Balaban J connectivity index is 1.50. The number of aromatic nitrogens is 4. The van der Waals surface area contributed by atoms with E-state index in [1.54, 1.807) is 4.57 Å². The average Bonchev–Trinajstić information content (AvgIpc) is 3.46. The van der Waals surface area contributed by atoms with Gasteiger partial charge < -0.3 is 18.9 Å². The van der Waals surface area contributed by atoms with Gasteiger partial charge in [-0.05, 0) is 25.2 Å². The fourth-order valence-electron chi connectivity index (χ4n) is 4.94. The number of piperidine rings is 1. The van der Waals surface area contributed by atoms with Gasteiger partial charge in [-0.3, -0.25) is 19.1 Å². The summed E-state index contributed by atoms with van der Waals surface area (Å²) in [5, 5.41) is 0. The number of ether oxygens (including phenoxy) is 2. The van der Waals surface area contributed by atoms with Crippen molar-refractivity contribution in [1.82, 2.24) is 24.0 Å². The van der Waals surface area contributed by atoms with Crippen molar-refractivity contribution in [2.45, 2.75) is 78.7 Å². The summed E-state index contributed by atoms with van der Waals surface area (Å²) in [7, 11) is 0.